The summed E-state index contributed by atoms with van der Waals surface area (Å²) in [6, 6.07) is 0. The molecular weight excluding hydrogens is 395 g/mol. The second kappa shape index (κ2) is 10.4. The summed E-state index contributed by atoms with van der Waals surface area (Å²) in [6.45, 7) is 5.71. The molecule has 1 amide bonds. The molecule has 0 saturated heterocycles. The van der Waals surface area contributed by atoms with Gasteiger partial charge in [0.2, 0.25) is 5.91 Å². The van der Waals surface area contributed by atoms with Crippen molar-refractivity contribution in [3.63, 3.8) is 0 Å². The third kappa shape index (κ3) is 7.10. The molecule has 0 bridgehead atoms. The molecule has 1 aromatic heterocycles. The number of guanidine groups is 1. The van der Waals surface area contributed by atoms with Crippen LogP contribution in [0.3, 0.4) is 0 Å². The Morgan fingerprint density at radius 1 is 1.41 bits per heavy atom. The molecule has 7 nitrogen and oxygen atoms in total. The van der Waals surface area contributed by atoms with Gasteiger partial charge in [-0.15, -0.1) is 24.0 Å². The minimum Gasteiger partial charge on any atom is -0.354 e. The van der Waals surface area contributed by atoms with Gasteiger partial charge in [-0.25, -0.2) is 0 Å². The predicted octanol–water partition coefficient (Wildman–Crippen LogP) is 0.817. The molecule has 0 aliphatic heterocycles. The molecule has 0 atom stereocenters. The Hall–Kier alpha value is -1.32. The topological polar surface area (TPSA) is 74.6 Å². The van der Waals surface area contributed by atoms with Crippen LogP contribution in [0.2, 0.25) is 0 Å². The average molecular weight is 422 g/mol. The fourth-order valence-corrected chi connectivity index (χ4v) is 1.85. The molecule has 0 fully saturated rings. The van der Waals surface area contributed by atoms with E-state index in [9.17, 15) is 4.79 Å². The van der Waals surface area contributed by atoms with Crippen LogP contribution in [-0.4, -0.2) is 53.7 Å². The van der Waals surface area contributed by atoms with Crippen molar-refractivity contribution in [2.75, 3.05) is 27.2 Å². The van der Waals surface area contributed by atoms with Crippen molar-refractivity contribution >= 4 is 35.8 Å². The van der Waals surface area contributed by atoms with Crippen LogP contribution in [0.15, 0.2) is 17.4 Å². The maximum absolute atomic E-state index is 11.4. The van der Waals surface area contributed by atoms with Crippen molar-refractivity contribution in [2.45, 2.75) is 20.4 Å². The largest absolute Gasteiger partial charge is 0.354 e. The van der Waals surface area contributed by atoms with E-state index in [-0.39, 0.29) is 35.8 Å². The van der Waals surface area contributed by atoms with E-state index in [4.69, 9.17) is 0 Å². The van der Waals surface area contributed by atoms with Crippen molar-refractivity contribution in [3.8, 4) is 0 Å². The Labute approximate surface area is 149 Å². The molecule has 0 aliphatic rings. The molecule has 0 spiro atoms. The van der Waals surface area contributed by atoms with Crippen LogP contribution in [0.1, 0.15) is 19.4 Å². The highest BCUT2D eigenvalue weighted by molar-refractivity contribution is 14.0. The van der Waals surface area contributed by atoms with Gasteiger partial charge < -0.3 is 15.5 Å². The van der Waals surface area contributed by atoms with Gasteiger partial charge in [-0.05, 0) is 0 Å². The summed E-state index contributed by atoms with van der Waals surface area (Å²) < 4.78 is 1.78. The standard InChI is InChI=1S/C14H26N6O.HI/c1-11(2)13(21)16-6-7-17-14(15-3)19(4)9-12-8-18-20(5)10-12;/h8,10-11H,6-7,9H2,1-5H3,(H,15,17)(H,16,21);1H. The number of aryl methyl sites for hydroxylation is 1. The number of rotatable bonds is 6. The highest BCUT2D eigenvalue weighted by Gasteiger charge is 2.08. The number of aromatic nitrogens is 2. The van der Waals surface area contributed by atoms with E-state index in [1.165, 1.54) is 0 Å². The van der Waals surface area contributed by atoms with Crippen LogP contribution in [0.25, 0.3) is 0 Å². The van der Waals surface area contributed by atoms with Gasteiger partial charge in [0.1, 0.15) is 0 Å². The number of carbonyl (C=O) groups is 1. The summed E-state index contributed by atoms with van der Waals surface area (Å²) in [5.74, 6) is 0.866. The monoisotopic (exact) mass is 422 g/mol. The molecule has 126 valence electrons. The van der Waals surface area contributed by atoms with Crippen molar-refractivity contribution in [1.29, 1.82) is 0 Å². The first-order valence-corrected chi connectivity index (χ1v) is 7.11. The highest BCUT2D eigenvalue weighted by Crippen LogP contribution is 2.01. The number of amides is 1. The van der Waals surface area contributed by atoms with E-state index in [1.54, 1.807) is 11.7 Å². The maximum Gasteiger partial charge on any atom is 0.222 e. The van der Waals surface area contributed by atoms with E-state index in [1.807, 2.05) is 45.2 Å². The van der Waals surface area contributed by atoms with Crippen molar-refractivity contribution in [3.05, 3.63) is 18.0 Å². The Kier molecular flexibility index (Phi) is 9.79. The lowest BCUT2D eigenvalue weighted by molar-refractivity contribution is -0.123. The lowest BCUT2D eigenvalue weighted by atomic mass is 10.2. The van der Waals surface area contributed by atoms with E-state index in [2.05, 4.69) is 20.7 Å². The maximum atomic E-state index is 11.4. The van der Waals surface area contributed by atoms with Crippen molar-refractivity contribution < 1.29 is 4.79 Å². The highest BCUT2D eigenvalue weighted by atomic mass is 127. The zero-order valence-corrected chi connectivity index (χ0v) is 16.3. The second-order valence-electron chi connectivity index (χ2n) is 5.30. The Morgan fingerprint density at radius 3 is 2.55 bits per heavy atom. The van der Waals surface area contributed by atoms with Crippen molar-refractivity contribution in [2.24, 2.45) is 18.0 Å². The Balaban J connectivity index is 0.00000441. The number of carbonyl (C=O) groups excluding carboxylic acids is 1. The fraction of sp³-hybridized carbons (Fsp3) is 0.643. The van der Waals surface area contributed by atoms with Crippen molar-refractivity contribution in [1.82, 2.24) is 25.3 Å². The molecule has 1 rings (SSSR count). The summed E-state index contributed by atoms with van der Waals surface area (Å²) in [7, 11) is 5.61. The molecule has 1 aromatic rings. The molecule has 0 unspecified atom stereocenters. The SMILES string of the molecule is CN=C(NCCNC(=O)C(C)C)N(C)Cc1cnn(C)c1.I. The fourth-order valence-electron chi connectivity index (χ4n) is 1.85. The minimum absolute atomic E-state index is 0. The third-order valence-electron chi connectivity index (χ3n) is 2.98. The smallest absolute Gasteiger partial charge is 0.222 e. The molecule has 0 saturated carbocycles. The van der Waals surface area contributed by atoms with Gasteiger partial charge in [0, 0.05) is 58.5 Å². The summed E-state index contributed by atoms with van der Waals surface area (Å²) in [5, 5.41) is 10.2. The quantitative estimate of drug-likeness (QED) is 0.308. The number of hydrogen-bond acceptors (Lipinski definition) is 3. The van der Waals surface area contributed by atoms with Gasteiger partial charge >= 0.3 is 0 Å². The van der Waals surface area contributed by atoms with Crippen LogP contribution < -0.4 is 10.6 Å². The molecule has 0 radical (unpaired) electrons. The molecule has 0 aliphatic carbocycles. The van der Waals surface area contributed by atoms with Crippen LogP contribution in [-0.2, 0) is 18.4 Å². The third-order valence-corrected chi connectivity index (χ3v) is 2.98. The minimum atomic E-state index is 0. The van der Waals surface area contributed by atoms with Crippen LogP contribution in [0, 0.1) is 5.92 Å². The second-order valence-corrected chi connectivity index (χ2v) is 5.30. The van der Waals surface area contributed by atoms with Gasteiger partial charge in [-0.3, -0.25) is 14.5 Å². The molecule has 0 aromatic carbocycles. The molecule has 8 heteroatoms. The van der Waals surface area contributed by atoms with Gasteiger partial charge in [0.05, 0.1) is 6.20 Å². The van der Waals surface area contributed by atoms with E-state index < -0.39 is 0 Å². The summed E-state index contributed by atoms with van der Waals surface area (Å²) in [6.07, 6.45) is 3.82. The average Bonchev–Trinajstić information content (AvgIpc) is 2.83. The number of nitrogens with one attached hydrogen (secondary N) is 2. The first kappa shape index (κ1) is 20.7. The lowest BCUT2D eigenvalue weighted by Crippen LogP contribution is -2.42. The zero-order valence-electron chi connectivity index (χ0n) is 14.0. The molecule has 1 heterocycles. The van der Waals surface area contributed by atoms with E-state index in [0.717, 1.165) is 18.1 Å². The molecule has 2 N–H and O–H groups in total. The normalized spacial score (nSPS) is 11.1. The van der Waals surface area contributed by atoms with Crippen LogP contribution >= 0.6 is 24.0 Å². The number of aliphatic imine (C=N–C) groups is 1. The number of hydrogen-bond donors (Lipinski definition) is 2. The van der Waals surface area contributed by atoms with Crippen LogP contribution in [0.5, 0.6) is 0 Å². The number of halogens is 1. The summed E-state index contributed by atoms with van der Waals surface area (Å²) >= 11 is 0. The first-order valence-electron chi connectivity index (χ1n) is 7.11. The van der Waals surface area contributed by atoms with Gasteiger partial charge in [-0.1, -0.05) is 13.8 Å². The lowest BCUT2D eigenvalue weighted by Gasteiger charge is -2.21. The number of nitrogens with zero attached hydrogens (tertiary/aromatic N) is 4. The van der Waals surface area contributed by atoms with Gasteiger partial charge in [-0.2, -0.15) is 5.10 Å². The van der Waals surface area contributed by atoms with E-state index >= 15 is 0 Å². The van der Waals surface area contributed by atoms with Crippen LogP contribution in [0.4, 0.5) is 0 Å². The van der Waals surface area contributed by atoms with Gasteiger partial charge in [0.15, 0.2) is 5.96 Å². The molecule has 22 heavy (non-hydrogen) atoms. The Morgan fingerprint density at radius 2 is 2.05 bits per heavy atom. The summed E-state index contributed by atoms with van der Waals surface area (Å²) in [5.41, 5.74) is 1.12. The Bertz CT molecular complexity index is 485. The zero-order chi connectivity index (χ0) is 15.8. The predicted molar refractivity (Wildman–Crippen MR) is 99.3 cm³/mol. The van der Waals surface area contributed by atoms with E-state index in [0.29, 0.717) is 13.1 Å². The molecular formula is C14H27IN6O. The summed E-state index contributed by atoms with van der Waals surface area (Å²) in [4.78, 5) is 17.7. The van der Waals surface area contributed by atoms with Gasteiger partial charge in [0.25, 0.3) is 0 Å². The first-order chi connectivity index (χ1) is 9.93.